The molecule has 0 bridgehead atoms. The number of carbonyl (C=O) groups is 1. The van der Waals surface area contributed by atoms with Crippen LogP contribution in [0.4, 0.5) is 11.4 Å². The van der Waals surface area contributed by atoms with Crippen molar-refractivity contribution in [2.24, 2.45) is 0 Å². The number of nitrogens with zero attached hydrogens (tertiary/aromatic N) is 3. The number of halogens is 1. The van der Waals surface area contributed by atoms with E-state index in [-0.39, 0.29) is 22.2 Å². The molecule has 7 nitrogen and oxygen atoms in total. The Bertz CT molecular complexity index is 673. The Labute approximate surface area is 118 Å². The predicted octanol–water partition coefficient (Wildman–Crippen LogP) is 2.60. The molecule has 0 saturated heterocycles. The third-order valence-electron chi connectivity index (χ3n) is 2.45. The van der Waals surface area contributed by atoms with Crippen molar-refractivity contribution in [3.05, 3.63) is 57.1 Å². The number of aromatic nitrogens is 2. The van der Waals surface area contributed by atoms with Gasteiger partial charge in [0, 0.05) is 6.07 Å². The molecule has 0 atom stereocenters. The first-order chi connectivity index (χ1) is 9.47. The Morgan fingerprint density at radius 2 is 2.10 bits per heavy atom. The third-order valence-corrected chi connectivity index (χ3v) is 2.65. The first kappa shape index (κ1) is 13.9. The third kappa shape index (κ3) is 3.07. The molecule has 1 aromatic carbocycles. The van der Waals surface area contributed by atoms with Gasteiger partial charge in [-0.05, 0) is 18.6 Å². The number of benzene rings is 1. The average Bonchev–Trinajstić information content (AvgIpc) is 2.41. The molecule has 0 unspecified atom stereocenters. The molecule has 0 fully saturated rings. The smallest absolute Gasteiger partial charge is 0.293 e. The van der Waals surface area contributed by atoms with Crippen LogP contribution in [0.3, 0.4) is 0 Å². The van der Waals surface area contributed by atoms with Gasteiger partial charge in [-0.25, -0.2) is 9.97 Å². The number of hydrogen-bond donors (Lipinski definition) is 1. The van der Waals surface area contributed by atoms with Crippen molar-refractivity contribution < 1.29 is 9.72 Å². The van der Waals surface area contributed by atoms with E-state index in [1.54, 1.807) is 13.0 Å². The summed E-state index contributed by atoms with van der Waals surface area (Å²) in [6.45, 7) is 1.73. The maximum Gasteiger partial charge on any atom is 0.293 e. The van der Waals surface area contributed by atoms with Crippen molar-refractivity contribution >= 4 is 28.9 Å². The van der Waals surface area contributed by atoms with E-state index in [0.29, 0.717) is 0 Å². The molecule has 8 heteroatoms. The molecular weight excluding hydrogens is 284 g/mol. The maximum absolute atomic E-state index is 11.9. The average molecular weight is 293 g/mol. The number of rotatable bonds is 3. The van der Waals surface area contributed by atoms with E-state index in [4.69, 9.17) is 11.6 Å². The highest BCUT2D eigenvalue weighted by atomic mass is 35.5. The monoisotopic (exact) mass is 292 g/mol. The highest BCUT2D eigenvalue weighted by Gasteiger charge is 2.17. The lowest BCUT2D eigenvalue weighted by atomic mass is 10.2. The van der Waals surface area contributed by atoms with Gasteiger partial charge in [-0.15, -0.1) is 0 Å². The Kier molecular flexibility index (Phi) is 3.90. The summed E-state index contributed by atoms with van der Waals surface area (Å²) in [6.07, 6.45) is 2.41. The van der Waals surface area contributed by atoms with Gasteiger partial charge in [-0.3, -0.25) is 14.9 Å². The van der Waals surface area contributed by atoms with Gasteiger partial charge in [-0.1, -0.05) is 17.7 Å². The van der Waals surface area contributed by atoms with Crippen molar-refractivity contribution in [3.8, 4) is 0 Å². The van der Waals surface area contributed by atoms with Crippen LogP contribution in [0.1, 0.15) is 16.1 Å². The van der Waals surface area contributed by atoms with Gasteiger partial charge in [0.15, 0.2) is 0 Å². The lowest BCUT2D eigenvalue weighted by Gasteiger charge is -2.06. The predicted molar refractivity (Wildman–Crippen MR) is 72.8 cm³/mol. The second-order valence-corrected chi connectivity index (χ2v) is 4.34. The van der Waals surface area contributed by atoms with Gasteiger partial charge in [0.2, 0.25) is 0 Å². The molecular formula is C12H9ClN4O3. The van der Waals surface area contributed by atoms with E-state index in [0.717, 1.165) is 5.56 Å². The minimum absolute atomic E-state index is 0.0178. The van der Waals surface area contributed by atoms with Crippen LogP contribution in [-0.2, 0) is 0 Å². The molecule has 0 aliphatic carbocycles. The Morgan fingerprint density at radius 1 is 1.35 bits per heavy atom. The molecule has 0 spiro atoms. The second-order valence-electron chi connectivity index (χ2n) is 3.96. The summed E-state index contributed by atoms with van der Waals surface area (Å²) in [6, 6.07) is 4.51. The molecule has 0 saturated carbocycles. The molecule has 2 rings (SSSR count). The van der Waals surface area contributed by atoms with E-state index in [1.807, 2.05) is 0 Å². The van der Waals surface area contributed by atoms with Crippen molar-refractivity contribution in [3.63, 3.8) is 0 Å². The number of amides is 1. The molecule has 1 amide bonds. The fourth-order valence-corrected chi connectivity index (χ4v) is 1.61. The van der Waals surface area contributed by atoms with Gasteiger partial charge in [0.1, 0.15) is 16.5 Å². The van der Waals surface area contributed by atoms with E-state index < -0.39 is 10.8 Å². The fraction of sp³-hybridized carbons (Fsp3) is 0.0833. The fourth-order valence-electron chi connectivity index (χ4n) is 1.51. The first-order valence-corrected chi connectivity index (χ1v) is 5.89. The van der Waals surface area contributed by atoms with Gasteiger partial charge in [0.05, 0.1) is 17.3 Å². The molecule has 102 valence electrons. The number of nitro groups is 1. The standard InChI is InChI=1S/C12H9ClN4O3/c1-7-2-3-8(10(4-7)17(19)20)16-12(18)9-5-15-11(13)6-14-9/h2-6H,1H3,(H,16,18). The van der Waals surface area contributed by atoms with Crippen LogP contribution in [-0.4, -0.2) is 20.8 Å². The molecule has 1 N–H and O–H groups in total. The number of aryl methyl sites for hydroxylation is 1. The first-order valence-electron chi connectivity index (χ1n) is 5.51. The van der Waals surface area contributed by atoms with E-state index in [1.165, 1.54) is 24.5 Å². The number of nitro benzene ring substituents is 1. The van der Waals surface area contributed by atoms with Crippen LogP contribution in [0.25, 0.3) is 0 Å². The summed E-state index contributed by atoms with van der Waals surface area (Å²) in [7, 11) is 0. The Morgan fingerprint density at radius 3 is 2.70 bits per heavy atom. The summed E-state index contributed by atoms with van der Waals surface area (Å²) < 4.78 is 0. The lowest BCUT2D eigenvalue weighted by Crippen LogP contribution is -2.15. The van der Waals surface area contributed by atoms with Crippen LogP contribution >= 0.6 is 11.6 Å². The summed E-state index contributed by atoms with van der Waals surface area (Å²) in [5, 5.41) is 13.5. The SMILES string of the molecule is Cc1ccc(NC(=O)c2cnc(Cl)cn2)c([N+](=O)[O-])c1. The van der Waals surface area contributed by atoms with Crippen LogP contribution in [0.2, 0.25) is 5.15 Å². The summed E-state index contributed by atoms with van der Waals surface area (Å²) >= 11 is 5.57. The quantitative estimate of drug-likeness (QED) is 0.692. The van der Waals surface area contributed by atoms with Crippen molar-refractivity contribution in [1.29, 1.82) is 0 Å². The summed E-state index contributed by atoms with van der Waals surface area (Å²) in [5.74, 6) is -0.596. The van der Waals surface area contributed by atoms with Crippen LogP contribution in [0.15, 0.2) is 30.6 Å². The minimum Gasteiger partial charge on any atom is -0.315 e. The van der Waals surface area contributed by atoms with Gasteiger partial charge in [0.25, 0.3) is 11.6 Å². The van der Waals surface area contributed by atoms with Gasteiger partial charge >= 0.3 is 0 Å². The summed E-state index contributed by atoms with van der Waals surface area (Å²) in [5.41, 5.74) is 0.660. The maximum atomic E-state index is 11.9. The molecule has 1 heterocycles. The van der Waals surface area contributed by atoms with E-state index in [2.05, 4.69) is 15.3 Å². The Hall–Kier alpha value is -2.54. The van der Waals surface area contributed by atoms with E-state index in [9.17, 15) is 14.9 Å². The van der Waals surface area contributed by atoms with Crippen molar-refractivity contribution in [2.75, 3.05) is 5.32 Å². The molecule has 20 heavy (non-hydrogen) atoms. The van der Waals surface area contributed by atoms with Gasteiger partial charge in [-0.2, -0.15) is 0 Å². The highest BCUT2D eigenvalue weighted by molar-refractivity contribution is 6.29. The lowest BCUT2D eigenvalue weighted by molar-refractivity contribution is -0.384. The number of hydrogen-bond acceptors (Lipinski definition) is 5. The zero-order chi connectivity index (χ0) is 14.7. The number of anilines is 1. The topological polar surface area (TPSA) is 98.0 Å². The summed E-state index contributed by atoms with van der Waals surface area (Å²) in [4.78, 5) is 29.8. The van der Waals surface area contributed by atoms with Crippen LogP contribution in [0, 0.1) is 17.0 Å². The largest absolute Gasteiger partial charge is 0.315 e. The van der Waals surface area contributed by atoms with Crippen molar-refractivity contribution in [1.82, 2.24) is 9.97 Å². The zero-order valence-electron chi connectivity index (χ0n) is 10.3. The Balaban J connectivity index is 2.28. The number of nitrogens with one attached hydrogen (secondary N) is 1. The molecule has 1 aromatic heterocycles. The molecule has 2 aromatic rings. The minimum atomic E-state index is -0.596. The molecule has 0 aliphatic rings. The van der Waals surface area contributed by atoms with Gasteiger partial charge < -0.3 is 5.32 Å². The second kappa shape index (κ2) is 5.62. The van der Waals surface area contributed by atoms with E-state index >= 15 is 0 Å². The number of carbonyl (C=O) groups excluding carboxylic acids is 1. The highest BCUT2D eigenvalue weighted by Crippen LogP contribution is 2.25. The molecule has 0 aliphatic heterocycles. The van der Waals surface area contributed by atoms with Crippen molar-refractivity contribution in [2.45, 2.75) is 6.92 Å². The van der Waals surface area contributed by atoms with Crippen LogP contribution in [0.5, 0.6) is 0 Å². The molecule has 0 radical (unpaired) electrons. The van der Waals surface area contributed by atoms with Crippen LogP contribution < -0.4 is 5.32 Å². The zero-order valence-corrected chi connectivity index (χ0v) is 11.1. The normalized spacial score (nSPS) is 10.1.